The van der Waals surface area contributed by atoms with Gasteiger partial charge >= 0.3 is 0 Å². The van der Waals surface area contributed by atoms with E-state index in [0.717, 1.165) is 13.0 Å². The first-order valence-corrected chi connectivity index (χ1v) is 5.87. The van der Waals surface area contributed by atoms with Crippen molar-refractivity contribution in [3.8, 4) is 0 Å². The minimum Gasteiger partial charge on any atom is -0.330 e. The van der Waals surface area contributed by atoms with Gasteiger partial charge in [-0.25, -0.2) is 0 Å². The normalized spacial score (nSPS) is 13.3. The van der Waals surface area contributed by atoms with Gasteiger partial charge < -0.3 is 5.73 Å². The Morgan fingerprint density at radius 3 is 3.00 bits per heavy atom. The summed E-state index contributed by atoms with van der Waals surface area (Å²) in [5.74, 6) is 0.572. The second kappa shape index (κ2) is 4.11. The molecule has 1 aromatic heterocycles. The van der Waals surface area contributed by atoms with Crippen LogP contribution in [-0.4, -0.2) is 6.54 Å². The highest BCUT2D eigenvalue weighted by molar-refractivity contribution is 7.17. The van der Waals surface area contributed by atoms with Crippen LogP contribution in [0, 0.1) is 0 Å². The van der Waals surface area contributed by atoms with Crippen molar-refractivity contribution in [1.29, 1.82) is 0 Å². The van der Waals surface area contributed by atoms with Gasteiger partial charge in [-0.3, -0.25) is 0 Å². The second-order valence-corrected chi connectivity index (χ2v) is 4.58. The summed E-state index contributed by atoms with van der Waals surface area (Å²) in [7, 11) is 0. The molecule has 2 rings (SSSR count). The van der Waals surface area contributed by atoms with Crippen LogP contribution in [0.3, 0.4) is 0 Å². The van der Waals surface area contributed by atoms with Crippen LogP contribution in [-0.2, 0) is 0 Å². The molecule has 0 aliphatic heterocycles. The maximum Gasteiger partial charge on any atom is 0.0377 e. The number of fused-ring (bicyclic) bond motifs is 1. The summed E-state index contributed by atoms with van der Waals surface area (Å²) in [6.45, 7) is 3.02. The van der Waals surface area contributed by atoms with E-state index in [4.69, 9.17) is 5.73 Å². The SMILES string of the molecule is CC(CCN)c1cccc2ccsc12. The van der Waals surface area contributed by atoms with E-state index >= 15 is 0 Å². The third-order valence-electron chi connectivity index (χ3n) is 2.64. The Morgan fingerprint density at radius 1 is 1.36 bits per heavy atom. The monoisotopic (exact) mass is 205 g/mol. The Morgan fingerprint density at radius 2 is 2.21 bits per heavy atom. The molecule has 2 N–H and O–H groups in total. The average Bonchev–Trinajstić information content (AvgIpc) is 2.65. The first-order valence-electron chi connectivity index (χ1n) is 4.99. The maximum atomic E-state index is 5.59. The molecule has 1 aromatic carbocycles. The highest BCUT2D eigenvalue weighted by atomic mass is 32.1. The summed E-state index contributed by atoms with van der Waals surface area (Å²) >= 11 is 1.83. The Hall–Kier alpha value is -0.860. The van der Waals surface area contributed by atoms with Crippen LogP contribution in [0.5, 0.6) is 0 Å². The van der Waals surface area contributed by atoms with Gasteiger partial charge in [0, 0.05) is 4.70 Å². The van der Waals surface area contributed by atoms with Gasteiger partial charge in [0.2, 0.25) is 0 Å². The lowest BCUT2D eigenvalue weighted by atomic mass is 9.97. The standard InChI is InChI=1S/C12H15NS/c1-9(5-7-13)11-4-2-3-10-6-8-14-12(10)11/h2-4,6,8-9H,5,7,13H2,1H3. The quantitative estimate of drug-likeness (QED) is 0.817. The second-order valence-electron chi connectivity index (χ2n) is 3.66. The molecule has 1 unspecified atom stereocenters. The third kappa shape index (κ3) is 1.68. The van der Waals surface area contributed by atoms with E-state index in [1.165, 1.54) is 15.6 Å². The fraction of sp³-hybridized carbons (Fsp3) is 0.333. The van der Waals surface area contributed by atoms with E-state index in [-0.39, 0.29) is 0 Å². The number of nitrogens with two attached hydrogens (primary N) is 1. The van der Waals surface area contributed by atoms with Gasteiger partial charge in [-0.1, -0.05) is 25.1 Å². The molecule has 0 amide bonds. The van der Waals surface area contributed by atoms with Crippen molar-refractivity contribution in [1.82, 2.24) is 0 Å². The van der Waals surface area contributed by atoms with Gasteiger partial charge in [0.25, 0.3) is 0 Å². The molecule has 0 aliphatic rings. The third-order valence-corrected chi connectivity index (χ3v) is 3.62. The van der Waals surface area contributed by atoms with Gasteiger partial charge in [-0.15, -0.1) is 11.3 Å². The summed E-state index contributed by atoms with van der Waals surface area (Å²) in [6.07, 6.45) is 1.07. The minimum atomic E-state index is 0.572. The zero-order chi connectivity index (χ0) is 9.97. The van der Waals surface area contributed by atoms with Gasteiger partial charge in [0.05, 0.1) is 0 Å². The van der Waals surface area contributed by atoms with Crippen molar-refractivity contribution in [3.05, 3.63) is 35.2 Å². The molecule has 0 aliphatic carbocycles. The van der Waals surface area contributed by atoms with Crippen molar-refractivity contribution in [2.75, 3.05) is 6.54 Å². The molecule has 0 fully saturated rings. The molecule has 0 saturated heterocycles. The first kappa shape index (κ1) is 9.69. The molecule has 2 heteroatoms. The first-order chi connectivity index (χ1) is 6.83. The van der Waals surface area contributed by atoms with Crippen LogP contribution in [0.1, 0.15) is 24.8 Å². The van der Waals surface area contributed by atoms with E-state index in [0.29, 0.717) is 5.92 Å². The topological polar surface area (TPSA) is 26.0 Å². The van der Waals surface area contributed by atoms with Crippen molar-refractivity contribution in [2.45, 2.75) is 19.3 Å². The van der Waals surface area contributed by atoms with Crippen LogP contribution >= 0.6 is 11.3 Å². The van der Waals surface area contributed by atoms with Crippen molar-refractivity contribution in [2.24, 2.45) is 5.73 Å². The summed E-state index contributed by atoms with van der Waals surface area (Å²) in [5, 5.41) is 3.51. The zero-order valence-corrected chi connectivity index (χ0v) is 9.18. The number of rotatable bonds is 3. The molecule has 1 nitrogen and oxygen atoms in total. The molecule has 14 heavy (non-hydrogen) atoms. The predicted molar refractivity (Wildman–Crippen MR) is 63.9 cm³/mol. The highest BCUT2D eigenvalue weighted by Crippen LogP contribution is 2.30. The van der Waals surface area contributed by atoms with Crippen molar-refractivity contribution >= 4 is 21.4 Å². The van der Waals surface area contributed by atoms with Crippen LogP contribution in [0.15, 0.2) is 29.6 Å². The lowest BCUT2D eigenvalue weighted by molar-refractivity contribution is 0.696. The lowest BCUT2D eigenvalue weighted by Gasteiger charge is -2.11. The summed E-state index contributed by atoms with van der Waals surface area (Å²) in [4.78, 5) is 0. The molecule has 0 bridgehead atoms. The number of benzene rings is 1. The van der Waals surface area contributed by atoms with Crippen LogP contribution in [0.4, 0.5) is 0 Å². The van der Waals surface area contributed by atoms with Crippen LogP contribution in [0.25, 0.3) is 10.1 Å². The molecule has 0 spiro atoms. The van der Waals surface area contributed by atoms with Crippen LogP contribution in [0.2, 0.25) is 0 Å². The largest absolute Gasteiger partial charge is 0.330 e. The molecular formula is C12H15NS. The number of thiophene rings is 1. The summed E-state index contributed by atoms with van der Waals surface area (Å²) in [5.41, 5.74) is 7.04. The number of hydrogen-bond acceptors (Lipinski definition) is 2. The van der Waals surface area contributed by atoms with Gasteiger partial charge in [-0.2, -0.15) is 0 Å². The number of hydrogen-bond donors (Lipinski definition) is 1. The Kier molecular flexibility index (Phi) is 2.85. The van der Waals surface area contributed by atoms with E-state index in [1.807, 2.05) is 11.3 Å². The Balaban J connectivity index is 2.45. The molecule has 0 saturated carbocycles. The molecule has 2 aromatic rings. The average molecular weight is 205 g/mol. The van der Waals surface area contributed by atoms with Crippen molar-refractivity contribution in [3.63, 3.8) is 0 Å². The molecule has 0 radical (unpaired) electrons. The Labute approximate surface area is 88.6 Å². The zero-order valence-electron chi connectivity index (χ0n) is 8.36. The lowest BCUT2D eigenvalue weighted by Crippen LogP contribution is -2.04. The maximum absolute atomic E-state index is 5.59. The smallest absolute Gasteiger partial charge is 0.0377 e. The fourth-order valence-corrected chi connectivity index (χ4v) is 2.84. The van der Waals surface area contributed by atoms with Crippen LogP contribution < -0.4 is 5.73 Å². The Bertz CT molecular complexity index is 419. The van der Waals surface area contributed by atoms with E-state index in [1.54, 1.807) is 0 Å². The molecule has 74 valence electrons. The fourth-order valence-electron chi connectivity index (χ4n) is 1.81. The van der Waals surface area contributed by atoms with E-state index < -0.39 is 0 Å². The summed E-state index contributed by atoms with van der Waals surface area (Å²) in [6, 6.07) is 8.71. The van der Waals surface area contributed by atoms with Crippen molar-refractivity contribution < 1.29 is 0 Å². The molecule has 1 heterocycles. The predicted octanol–water partition coefficient (Wildman–Crippen LogP) is 3.35. The van der Waals surface area contributed by atoms with Gasteiger partial charge in [-0.05, 0) is 41.3 Å². The molecule has 1 atom stereocenters. The molecular weight excluding hydrogens is 190 g/mol. The summed E-state index contributed by atoms with van der Waals surface area (Å²) < 4.78 is 1.42. The van der Waals surface area contributed by atoms with E-state index in [9.17, 15) is 0 Å². The van der Waals surface area contributed by atoms with Gasteiger partial charge in [0.1, 0.15) is 0 Å². The highest BCUT2D eigenvalue weighted by Gasteiger charge is 2.08. The van der Waals surface area contributed by atoms with E-state index in [2.05, 4.69) is 36.6 Å². The minimum absolute atomic E-state index is 0.572. The van der Waals surface area contributed by atoms with Gasteiger partial charge in [0.15, 0.2) is 0 Å².